The minimum atomic E-state index is -0.820. The van der Waals surface area contributed by atoms with Gasteiger partial charge in [-0.1, -0.05) is 32.2 Å². The van der Waals surface area contributed by atoms with Crippen LogP contribution in [0.1, 0.15) is 26.7 Å². The molecule has 4 rings (SSSR count). The van der Waals surface area contributed by atoms with Gasteiger partial charge in [-0.25, -0.2) is 9.59 Å². The second kappa shape index (κ2) is 11.6. The molecular weight excluding hydrogens is 496 g/mol. The van der Waals surface area contributed by atoms with E-state index in [-0.39, 0.29) is 48.1 Å². The first-order chi connectivity index (χ1) is 17.8. The summed E-state index contributed by atoms with van der Waals surface area (Å²) in [6, 6.07) is 1.48. The Morgan fingerprint density at radius 2 is 2.03 bits per heavy atom. The predicted molar refractivity (Wildman–Crippen MR) is 138 cm³/mol. The fourth-order valence-electron chi connectivity index (χ4n) is 5.44. The number of aryl methyl sites for hydroxylation is 1. The molecular formula is C26H34N4O6S. The smallest absolute Gasteiger partial charge is 0.410 e. The lowest BCUT2D eigenvalue weighted by atomic mass is 9.79. The molecule has 200 valence electrons. The van der Waals surface area contributed by atoms with Gasteiger partial charge in [0.15, 0.2) is 0 Å². The van der Waals surface area contributed by atoms with E-state index >= 15 is 0 Å². The average Bonchev–Trinajstić information content (AvgIpc) is 3.58. The van der Waals surface area contributed by atoms with Crippen molar-refractivity contribution in [2.75, 3.05) is 19.8 Å². The third kappa shape index (κ3) is 5.33. The standard InChI is InChI=1S/C26H34N4O6S/c1-5-12-35-25(33)22-23(16(3)21-20(17(4)31)24(32)30(21)22)37-19-14-18(8-11-28-10-7-9-27-28)29(15-19)26(34)36-13-6-2/h5-7,9-10,16-21,31H,1-2,8,11-15H2,3-4H3/t16-,17-,18-,19+,20-,21-/m1/s1. The van der Waals surface area contributed by atoms with E-state index in [0.29, 0.717) is 25.9 Å². The highest BCUT2D eigenvalue weighted by atomic mass is 32.2. The first kappa shape index (κ1) is 27.0. The van der Waals surface area contributed by atoms with Crippen LogP contribution >= 0.6 is 11.8 Å². The molecule has 10 nitrogen and oxygen atoms in total. The summed E-state index contributed by atoms with van der Waals surface area (Å²) in [5.74, 6) is -1.57. The van der Waals surface area contributed by atoms with Gasteiger partial charge in [-0.3, -0.25) is 9.48 Å². The summed E-state index contributed by atoms with van der Waals surface area (Å²) < 4.78 is 12.5. The highest BCUT2D eigenvalue weighted by Gasteiger charge is 2.60. The van der Waals surface area contributed by atoms with Crippen LogP contribution in [-0.2, 0) is 25.6 Å². The lowest BCUT2D eigenvalue weighted by molar-refractivity contribution is -0.164. The van der Waals surface area contributed by atoms with Crippen molar-refractivity contribution in [3.05, 3.63) is 54.4 Å². The Morgan fingerprint density at radius 3 is 2.68 bits per heavy atom. The van der Waals surface area contributed by atoms with E-state index in [1.165, 1.54) is 28.8 Å². The zero-order chi connectivity index (χ0) is 26.7. The van der Waals surface area contributed by atoms with E-state index in [4.69, 9.17) is 9.47 Å². The summed E-state index contributed by atoms with van der Waals surface area (Å²) in [7, 11) is 0. The summed E-state index contributed by atoms with van der Waals surface area (Å²) in [6.45, 7) is 12.0. The number of hydrogen-bond donors (Lipinski definition) is 1. The minimum absolute atomic E-state index is 0.0163. The maximum Gasteiger partial charge on any atom is 0.410 e. The van der Waals surface area contributed by atoms with E-state index in [0.717, 1.165) is 4.91 Å². The number of carbonyl (C=O) groups excluding carboxylic acids is 3. The number of nitrogens with zero attached hydrogens (tertiary/aromatic N) is 4. The summed E-state index contributed by atoms with van der Waals surface area (Å²) in [5.41, 5.74) is 0.243. The number of fused-ring (bicyclic) bond motifs is 1. The molecule has 2 fully saturated rings. The first-order valence-electron chi connectivity index (χ1n) is 12.5. The van der Waals surface area contributed by atoms with Gasteiger partial charge >= 0.3 is 12.1 Å². The molecule has 2 saturated heterocycles. The Hall–Kier alpha value is -3.05. The number of aliphatic hydroxyl groups is 1. The van der Waals surface area contributed by atoms with Gasteiger partial charge in [-0.2, -0.15) is 5.10 Å². The molecule has 11 heteroatoms. The Bertz CT molecular complexity index is 1070. The van der Waals surface area contributed by atoms with Gasteiger partial charge in [0.05, 0.1) is 18.1 Å². The molecule has 37 heavy (non-hydrogen) atoms. The van der Waals surface area contributed by atoms with Crippen LogP contribution in [0.2, 0.25) is 0 Å². The summed E-state index contributed by atoms with van der Waals surface area (Å²) >= 11 is 1.51. The van der Waals surface area contributed by atoms with Gasteiger partial charge in [-0.15, -0.1) is 11.8 Å². The molecule has 1 aromatic heterocycles. The van der Waals surface area contributed by atoms with E-state index in [9.17, 15) is 19.5 Å². The third-order valence-corrected chi connectivity index (χ3v) is 8.61. The molecule has 4 heterocycles. The molecule has 0 bridgehead atoms. The maximum atomic E-state index is 13.0. The quantitative estimate of drug-likeness (QED) is 0.264. The molecule has 0 aliphatic carbocycles. The second-order valence-electron chi connectivity index (χ2n) is 9.56. The number of ether oxygens (including phenoxy) is 2. The van der Waals surface area contributed by atoms with Gasteiger partial charge in [0.2, 0.25) is 5.91 Å². The molecule has 1 N–H and O–H groups in total. The number of thioether (sulfide) groups is 1. The Labute approximate surface area is 220 Å². The van der Waals surface area contributed by atoms with E-state index in [2.05, 4.69) is 18.3 Å². The van der Waals surface area contributed by atoms with E-state index in [1.54, 1.807) is 18.0 Å². The number of β-lactam (4-membered cyclic amide) rings is 1. The molecule has 3 aliphatic rings. The normalized spacial score (nSPS) is 27.5. The molecule has 0 spiro atoms. The second-order valence-corrected chi connectivity index (χ2v) is 10.9. The van der Waals surface area contributed by atoms with Crippen molar-refractivity contribution >= 4 is 29.7 Å². The minimum Gasteiger partial charge on any atom is -0.457 e. The molecule has 1 aromatic rings. The van der Waals surface area contributed by atoms with Gasteiger partial charge in [-0.05, 0) is 25.8 Å². The fourth-order valence-corrected chi connectivity index (χ4v) is 7.00. The molecule has 0 radical (unpaired) electrons. The van der Waals surface area contributed by atoms with Crippen LogP contribution in [0.5, 0.6) is 0 Å². The van der Waals surface area contributed by atoms with Gasteiger partial charge in [0.1, 0.15) is 18.9 Å². The zero-order valence-electron chi connectivity index (χ0n) is 21.2. The van der Waals surface area contributed by atoms with E-state index < -0.39 is 24.1 Å². The molecule has 6 atom stereocenters. The van der Waals surface area contributed by atoms with Crippen LogP contribution in [0.15, 0.2) is 54.4 Å². The number of esters is 1. The number of aliphatic hydroxyl groups excluding tert-OH is 1. The number of hydrogen-bond acceptors (Lipinski definition) is 8. The fraction of sp³-hybridized carbons (Fsp3) is 0.538. The number of rotatable bonds is 11. The van der Waals surface area contributed by atoms with Crippen molar-refractivity contribution in [3.8, 4) is 0 Å². The van der Waals surface area contributed by atoms with Crippen molar-refractivity contribution in [1.82, 2.24) is 19.6 Å². The van der Waals surface area contributed by atoms with Crippen molar-refractivity contribution in [2.24, 2.45) is 11.8 Å². The number of carbonyl (C=O) groups is 3. The van der Waals surface area contributed by atoms with Gasteiger partial charge < -0.3 is 24.4 Å². The molecule has 0 saturated carbocycles. The molecule has 0 aromatic carbocycles. The van der Waals surface area contributed by atoms with Crippen LogP contribution in [0, 0.1) is 11.8 Å². The van der Waals surface area contributed by atoms with Crippen molar-refractivity contribution < 1.29 is 29.0 Å². The van der Waals surface area contributed by atoms with Gasteiger partial charge in [0.25, 0.3) is 0 Å². The highest BCUT2D eigenvalue weighted by molar-refractivity contribution is 8.03. The van der Waals surface area contributed by atoms with Crippen molar-refractivity contribution in [2.45, 2.75) is 56.7 Å². The van der Waals surface area contributed by atoms with Gasteiger partial charge in [0, 0.05) is 47.6 Å². The topological polar surface area (TPSA) is 114 Å². The number of likely N-dealkylation sites (tertiary alicyclic amines) is 1. The predicted octanol–water partition coefficient (Wildman–Crippen LogP) is 2.57. The summed E-state index contributed by atoms with van der Waals surface area (Å²) in [6.07, 6.45) is 6.78. The Morgan fingerprint density at radius 1 is 1.30 bits per heavy atom. The number of amides is 2. The van der Waals surface area contributed by atoms with Crippen LogP contribution in [0.4, 0.5) is 4.79 Å². The maximum absolute atomic E-state index is 13.0. The number of aromatic nitrogens is 2. The molecule has 0 unspecified atom stereocenters. The largest absolute Gasteiger partial charge is 0.457 e. The lowest BCUT2D eigenvalue weighted by Crippen LogP contribution is -2.63. The third-order valence-electron chi connectivity index (χ3n) is 7.11. The average molecular weight is 531 g/mol. The molecule has 2 amide bonds. The van der Waals surface area contributed by atoms with Crippen LogP contribution in [-0.4, -0.2) is 85.9 Å². The van der Waals surface area contributed by atoms with Crippen molar-refractivity contribution in [3.63, 3.8) is 0 Å². The summed E-state index contributed by atoms with van der Waals surface area (Å²) in [4.78, 5) is 42.7. The SMILES string of the molecule is C=CCOC(=O)C1=C(S[C@H]2C[C@@H](CCn3cccn3)N(C(=O)OCC=C)C2)[C@H](C)[C@@H]2[C@@H]([C@@H](C)O)C(=O)N12. The molecule has 3 aliphatic heterocycles. The Balaban J connectivity index is 1.55. The van der Waals surface area contributed by atoms with Crippen LogP contribution in [0.25, 0.3) is 0 Å². The lowest BCUT2D eigenvalue weighted by Gasteiger charge is -2.46. The monoisotopic (exact) mass is 530 g/mol. The Kier molecular flexibility index (Phi) is 8.43. The van der Waals surface area contributed by atoms with Crippen molar-refractivity contribution in [1.29, 1.82) is 0 Å². The summed E-state index contributed by atoms with van der Waals surface area (Å²) in [5, 5.41) is 14.4. The zero-order valence-corrected chi connectivity index (χ0v) is 22.0. The van der Waals surface area contributed by atoms with Crippen LogP contribution in [0.3, 0.4) is 0 Å². The highest BCUT2D eigenvalue weighted by Crippen LogP contribution is 2.52. The first-order valence-corrected chi connectivity index (χ1v) is 13.4. The van der Waals surface area contributed by atoms with E-state index in [1.807, 2.05) is 23.9 Å². The van der Waals surface area contributed by atoms with Crippen LogP contribution < -0.4 is 0 Å².